The largest absolute Gasteiger partial charge is 0.496 e. The summed E-state index contributed by atoms with van der Waals surface area (Å²) in [5.41, 5.74) is 7.79. The number of hydrogen-bond donors (Lipinski definition) is 4. The minimum absolute atomic E-state index is 0.0192. The van der Waals surface area contributed by atoms with Crippen LogP contribution in [0.15, 0.2) is 76.5 Å². The first-order valence-electron chi connectivity index (χ1n) is 16.6. The number of nitrogens with one attached hydrogen (secondary N) is 1. The third kappa shape index (κ3) is 7.38. The summed E-state index contributed by atoms with van der Waals surface area (Å²) >= 11 is 0. The van der Waals surface area contributed by atoms with Crippen molar-refractivity contribution in [3.8, 4) is 22.6 Å². The number of sulfonamides is 1. The minimum atomic E-state index is -3.76. The fourth-order valence-electron chi connectivity index (χ4n) is 6.69. The van der Waals surface area contributed by atoms with Gasteiger partial charge in [-0.15, -0.1) is 0 Å². The van der Waals surface area contributed by atoms with Crippen molar-refractivity contribution >= 4 is 19.9 Å². The van der Waals surface area contributed by atoms with Crippen molar-refractivity contribution < 1.29 is 41.3 Å². The van der Waals surface area contributed by atoms with Crippen LogP contribution in [-0.4, -0.2) is 100 Å². The highest BCUT2D eigenvalue weighted by molar-refractivity contribution is 7.93. The van der Waals surface area contributed by atoms with Gasteiger partial charge in [-0.25, -0.2) is 16.8 Å². The molecule has 0 radical (unpaired) electrons. The molecule has 3 aliphatic rings. The molecule has 3 aromatic rings. The van der Waals surface area contributed by atoms with Gasteiger partial charge in [0, 0.05) is 37.8 Å². The summed E-state index contributed by atoms with van der Waals surface area (Å²) in [6.45, 7) is 1.30. The SMILES string of the molecule is COc1ccc(S(=O)(=O)N2CCC3(CC2)CC(NCC(O)COc2cccc(S(=O)(=O)C4(CO)CC4)c2)CO3)cc1-c1ccc(CN)cc1. The number of aliphatic hydroxyl groups excluding tert-OH is 2. The van der Waals surface area contributed by atoms with Gasteiger partial charge in [0.05, 0.1) is 40.5 Å². The molecule has 0 aromatic heterocycles. The predicted molar refractivity (Wildman–Crippen MR) is 184 cm³/mol. The molecule has 1 spiro atoms. The van der Waals surface area contributed by atoms with E-state index < -0.39 is 42.9 Å². The Bertz CT molecular complexity index is 1840. The summed E-state index contributed by atoms with van der Waals surface area (Å²) in [5, 5.41) is 23.5. The molecule has 49 heavy (non-hydrogen) atoms. The minimum Gasteiger partial charge on any atom is -0.496 e. The lowest BCUT2D eigenvalue weighted by atomic mass is 9.88. The molecule has 266 valence electrons. The number of piperidine rings is 1. The van der Waals surface area contributed by atoms with Crippen LogP contribution in [0.1, 0.15) is 37.7 Å². The van der Waals surface area contributed by atoms with Crippen LogP contribution >= 0.6 is 0 Å². The average Bonchev–Trinajstić information content (AvgIpc) is 3.85. The van der Waals surface area contributed by atoms with Crippen LogP contribution in [0.4, 0.5) is 0 Å². The number of nitrogens with two attached hydrogens (primary N) is 1. The highest BCUT2D eigenvalue weighted by Gasteiger charge is 2.54. The Labute approximate surface area is 288 Å². The zero-order chi connectivity index (χ0) is 34.9. The van der Waals surface area contributed by atoms with E-state index in [0.29, 0.717) is 75.4 Å². The van der Waals surface area contributed by atoms with Crippen LogP contribution in [0.2, 0.25) is 0 Å². The number of sulfone groups is 1. The molecule has 2 unspecified atom stereocenters. The first-order valence-corrected chi connectivity index (χ1v) is 19.5. The van der Waals surface area contributed by atoms with E-state index >= 15 is 0 Å². The van der Waals surface area contributed by atoms with E-state index in [-0.39, 0.29) is 29.0 Å². The molecule has 1 aliphatic carbocycles. The van der Waals surface area contributed by atoms with Crippen LogP contribution < -0.4 is 20.5 Å². The maximum atomic E-state index is 13.7. The van der Waals surface area contributed by atoms with E-state index in [4.69, 9.17) is 19.9 Å². The number of hydrogen-bond acceptors (Lipinski definition) is 11. The van der Waals surface area contributed by atoms with Gasteiger partial charge < -0.3 is 35.5 Å². The van der Waals surface area contributed by atoms with Gasteiger partial charge in [0.25, 0.3) is 0 Å². The van der Waals surface area contributed by atoms with Crippen LogP contribution in [0, 0.1) is 0 Å². The van der Waals surface area contributed by atoms with Gasteiger partial charge in [0.2, 0.25) is 10.0 Å². The van der Waals surface area contributed by atoms with Gasteiger partial charge in [-0.2, -0.15) is 4.31 Å². The van der Waals surface area contributed by atoms with Crippen molar-refractivity contribution in [2.45, 2.75) is 70.9 Å². The van der Waals surface area contributed by atoms with Gasteiger partial charge in [-0.05, 0) is 79.6 Å². The maximum absolute atomic E-state index is 13.7. The van der Waals surface area contributed by atoms with Gasteiger partial charge in [-0.1, -0.05) is 30.3 Å². The van der Waals surface area contributed by atoms with E-state index in [1.54, 1.807) is 37.4 Å². The Kier molecular flexibility index (Phi) is 10.4. The predicted octanol–water partition coefficient (Wildman–Crippen LogP) is 2.46. The fourth-order valence-corrected chi connectivity index (χ4v) is 9.99. The van der Waals surface area contributed by atoms with E-state index in [0.717, 1.165) is 11.1 Å². The fraction of sp³-hybridized carbons (Fsp3) is 0.486. The monoisotopic (exact) mass is 715 g/mol. The zero-order valence-electron chi connectivity index (χ0n) is 27.6. The Balaban J connectivity index is 0.996. The summed E-state index contributed by atoms with van der Waals surface area (Å²) in [6.07, 6.45) is 1.80. The first-order chi connectivity index (χ1) is 23.4. The van der Waals surface area contributed by atoms with Gasteiger partial charge in [0.1, 0.15) is 24.2 Å². The first kappa shape index (κ1) is 35.7. The number of methoxy groups -OCH3 is 1. The lowest BCUT2D eigenvalue weighted by Crippen LogP contribution is -2.47. The normalized spacial score (nSPS) is 21.0. The molecule has 3 fully saturated rings. The molecule has 0 amide bonds. The van der Waals surface area contributed by atoms with Crippen molar-refractivity contribution in [3.63, 3.8) is 0 Å². The van der Waals surface area contributed by atoms with Gasteiger partial charge in [-0.3, -0.25) is 0 Å². The number of aliphatic hydroxyl groups is 2. The Morgan fingerprint density at radius 3 is 2.39 bits per heavy atom. The molecule has 2 heterocycles. The second-order valence-corrected chi connectivity index (χ2v) is 17.5. The number of benzene rings is 3. The highest BCUT2D eigenvalue weighted by Crippen LogP contribution is 2.46. The third-order valence-electron chi connectivity index (χ3n) is 10.0. The van der Waals surface area contributed by atoms with Crippen molar-refractivity contribution in [3.05, 3.63) is 72.3 Å². The van der Waals surface area contributed by atoms with E-state index in [1.807, 2.05) is 24.3 Å². The third-order valence-corrected chi connectivity index (χ3v) is 14.5. The molecule has 3 aromatic carbocycles. The molecule has 1 saturated carbocycles. The topological polar surface area (TPSA) is 178 Å². The molecule has 2 saturated heterocycles. The number of ether oxygens (including phenoxy) is 3. The Morgan fingerprint density at radius 2 is 1.73 bits per heavy atom. The molecule has 2 atom stereocenters. The maximum Gasteiger partial charge on any atom is 0.243 e. The highest BCUT2D eigenvalue weighted by atomic mass is 32.2. The van der Waals surface area contributed by atoms with Crippen molar-refractivity contribution in [1.82, 2.24) is 9.62 Å². The number of rotatable bonds is 14. The second kappa shape index (κ2) is 14.3. The summed E-state index contributed by atoms with van der Waals surface area (Å²) in [5.74, 6) is 0.905. The van der Waals surface area contributed by atoms with Gasteiger partial charge in [0.15, 0.2) is 9.84 Å². The van der Waals surface area contributed by atoms with E-state index in [9.17, 15) is 27.0 Å². The Hall–Kier alpha value is -3.08. The molecule has 5 N–H and O–H groups in total. The van der Waals surface area contributed by atoms with Gasteiger partial charge >= 0.3 is 0 Å². The molecular weight excluding hydrogens is 671 g/mol. The molecule has 14 heteroatoms. The van der Waals surface area contributed by atoms with Crippen LogP contribution in [0.25, 0.3) is 11.1 Å². The summed E-state index contributed by atoms with van der Waals surface area (Å²) in [4.78, 5) is 0.301. The lowest BCUT2D eigenvalue weighted by Gasteiger charge is -2.38. The van der Waals surface area contributed by atoms with Crippen LogP contribution in [0.5, 0.6) is 11.5 Å². The smallest absolute Gasteiger partial charge is 0.243 e. The summed E-state index contributed by atoms with van der Waals surface area (Å²) in [7, 11) is -5.88. The molecule has 2 aliphatic heterocycles. The molecular formula is C35H45N3O9S2. The molecule has 0 bridgehead atoms. The lowest BCUT2D eigenvalue weighted by molar-refractivity contribution is -0.0312. The van der Waals surface area contributed by atoms with Crippen molar-refractivity contribution in [2.75, 3.05) is 46.6 Å². The average molecular weight is 716 g/mol. The van der Waals surface area contributed by atoms with E-state index in [2.05, 4.69) is 5.32 Å². The molecule has 12 nitrogen and oxygen atoms in total. The standard InChI is InChI=1S/C35H45N3O9S2/c1-45-33-10-9-31(18-32(33)26-7-5-25(20-36)6-8-26)49(43,44)38-15-13-34(14-16-38)19-27(22-47-34)37-21-28(40)23-46-29-3-2-4-30(17-29)48(41,42)35(24-39)11-12-35/h2-10,17-18,27-28,37,39-40H,11-16,19-24,36H2,1H3. The van der Waals surface area contributed by atoms with Crippen LogP contribution in [0.3, 0.4) is 0 Å². The second-order valence-electron chi connectivity index (χ2n) is 13.3. The Morgan fingerprint density at radius 1 is 1.00 bits per heavy atom. The van der Waals surface area contributed by atoms with Crippen molar-refractivity contribution in [2.24, 2.45) is 5.73 Å². The van der Waals surface area contributed by atoms with Crippen LogP contribution in [-0.2, 0) is 31.1 Å². The molecule has 6 rings (SSSR count). The zero-order valence-corrected chi connectivity index (χ0v) is 29.2. The van der Waals surface area contributed by atoms with Crippen molar-refractivity contribution in [1.29, 1.82) is 0 Å². The number of nitrogens with zero attached hydrogens (tertiary/aromatic N) is 1. The quantitative estimate of drug-likeness (QED) is 0.193. The summed E-state index contributed by atoms with van der Waals surface area (Å²) < 4.78 is 71.2. The summed E-state index contributed by atoms with van der Waals surface area (Å²) in [6, 6.07) is 18.7. The van der Waals surface area contributed by atoms with E-state index in [1.165, 1.54) is 16.4 Å².